The lowest BCUT2D eigenvalue weighted by molar-refractivity contribution is -0.116. The SMILES string of the molecule is CN(Cc1nccn1C)CC1(C=O)CCCC1. The summed E-state index contributed by atoms with van der Waals surface area (Å²) in [6, 6.07) is 0. The van der Waals surface area contributed by atoms with Crippen molar-refractivity contribution in [2.45, 2.75) is 32.2 Å². The molecule has 1 aromatic rings. The van der Waals surface area contributed by atoms with Crippen molar-refractivity contribution in [2.75, 3.05) is 13.6 Å². The van der Waals surface area contributed by atoms with E-state index in [1.807, 2.05) is 24.0 Å². The molecule has 1 aliphatic rings. The van der Waals surface area contributed by atoms with E-state index in [1.165, 1.54) is 19.1 Å². The highest BCUT2D eigenvalue weighted by molar-refractivity contribution is 5.60. The van der Waals surface area contributed by atoms with Crippen LogP contribution < -0.4 is 0 Å². The van der Waals surface area contributed by atoms with E-state index in [-0.39, 0.29) is 5.41 Å². The number of aldehydes is 1. The molecule has 4 heteroatoms. The van der Waals surface area contributed by atoms with Gasteiger partial charge in [0, 0.05) is 31.4 Å². The van der Waals surface area contributed by atoms with Gasteiger partial charge in [-0.1, -0.05) is 12.8 Å². The average molecular weight is 235 g/mol. The number of carbonyl (C=O) groups excluding carboxylic acids is 1. The normalized spacial score (nSPS) is 18.8. The van der Waals surface area contributed by atoms with Gasteiger partial charge in [-0.3, -0.25) is 4.90 Å². The summed E-state index contributed by atoms with van der Waals surface area (Å²) < 4.78 is 2.03. The molecule has 0 amide bonds. The highest BCUT2D eigenvalue weighted by Crippen LogP contribution is 2.36. The van der Waals surface area contributed by atoms with Gasteiger partial charge in [0.25, 0.3) is 0 Å². The molecule has 0 spiro atoms. The third-order valence-electron chi connectivity index (χ3n) is 3.77. The Hall–Kier alpha value is -1.16. The summed E-state index contributed by atoms with van der Waals surface area (Å²) in [5, 5.41) is 0. The molecule has 0 saturated heterocycles. The van der Waals surface area contributed by atoms with E-state index < -0.39 is 0 Å². The van der Waals surface area contributed by atoms with E-state index >= 15 is 0 Å². The fourth-order valence-corrected chi connectivity index (χ4v) is 2.78. The molecule has 2 rings (SSSR count). The fourth-order valence-electron chi connectivity index (χ4n) is 2.78. The van der Waals surface area contributed by atoms with E-state index in [0.717, 1.165) is 31.8 Å². The molecule has 1 saturated carbocycles. The van der Waals surface area contributed by atoms with Gasteiger partial charge in [0.2, 0.25) is 0 Å². The first-order valence-corrected chi connectivity index (χ1v) is 6.26. The zero-order chi connectivity index (χ0) is 12.3. The maximum Gasteiger partial charge on any atom is 0.127 e. The molecule has 0 atom stereocenters. The Morgan fingerprint density at radius 2 is 2.24 bits per heavy atom. The molecule has 1 aliphatic carbocycles. The first kappa shape index (κ1) is 12.3. The summed E-state index contributed by atoms with van der Waals surface area (Å²) in [4.78, 5) is 17.8. The monoisotopic (exact) mass is 235 g/mol. The van der Waals surface area contributed by atoms with Crippen LogP contribution in [0.3, 0.4) is 0 Å². The lowest BCUT2D eigenvalue weighted by Crippen LogP contribution is -2.35. The summed E-state index contributed by atoms with van der Waals surface area (Å²) in [5.74, 6) is 1.05. The molecule has 0 N–H and O–H groups in total. The molecular formula is C13H21N3O. The van der Waals surface area contributed by atoms with E-state index in [1.54, 1.807) is 0 Å². The molecule has 0 radical (unpaired) electrons. The number of carbonyl (C=O) groups is 1. The van der Waals surface area contributed by atoms with Crippen LogP contribution in [0.1, 0.15) is 31.5 Å². The zero-order valence-corrected chi connectivity index (χ0v) is 10.7. The van der Waals surface area contributed by atoms with Crippen molar-refractivity contribution in [1.82, 2.24) is 14.5 Å². The van der Waals surface area contributed by atoms with Crippen LogP contribution in [0.2, 0.25) is 0 Å². The molecule has 17 heavy (non-hydrogen) atoms. The Labute approximate surface area is 103 Å². The first-order valence-electron chi connectivity index (χ1n) is 6.26. The van der Waals surface area contributed by atoms with Crippen LogP contribution in [0.15, 0.2) is 12.4 Å². The van der Waals surface area contributed by atoms with Crippen LogP contribution in [0.5, 0.6) is 0 Å². The van der Waals surface area contributed by atoms with Crippen molar-refractivity contribution >= 4 is 6.29 Å². The summed E-state index contributed by atoms with van der Waals surface area (Å²) in [6.07, 6.45) is 9.41. The number of aromatic nitrogens is 2. The molecule has 1 aromatic heterocycles. The van der Waals surface area contributed by atoms with E-state index in [0.29, 0.717) is 0 Å². The minimum absolute atomic E-state index is 0.0973. The maximum atomic E-state index is 11.3. The van der Waals surface area contributed by atoms with Crippen LogP contribution in [-0.4, -0.2) is 34.3 Å². The van der Waals surface area contributed by atoms with Crippen molar-refractivity contribution in [3.63, 3.8) is 0 Å². The van der Waals surface area contributed by atoms with E-state index in [9.17, 15) is 4.79 Å². The highest BCUT2D eigenvalue weighted by Gasteiger charge is 2.34. The third-order valence-corrected chi connectivity index (χ3v) is 3.77. The number of aryl methyl sites for hydroxylation is 1. The molecule has 0 unspecified atom stereocenters. The third kappa shape index (κ3) is 2.75. The van der Waals surface area contributed by atoms with Gasteiger partial charge in [0.1, 0.15) is 12.1 Å². The minimum atomic E-state index is -0.0973. The quantitative estimate of drug-likeness (QED) is 0.728. The Balaban J connectivity index is 1.94. The van der Waals surface area contributed by atoms with Gasteiger partial charge in [0.15, 0.2) is 0 Å². The lowest BCUT2D eigenvalue weighted by Gasteiger charge is -2.28. The molecule has 0 bridgehead atoms. The average Bonchev–Trinajstić information content (AvgIpc) is 2.90. The topological polar surface area (TPSA) is 38.1 Å². The second-order valence-corrected chi connectivity index (χ2v) is 5.31. The second kappa shape index (κ2) is 5.00. The largest absolute Gasteiger partial charge is 0.337 e. The van der Waals surface area contributed by atoms with Crippen LogP contribution in [-0.2, 0) is 18.4 Å². The highest BCUT2D eigenvalue weighted by atomic mass is 16.1. The summed E-state index contributed by atoms with van der Waals surface area (Å²) >= 11 is 0. The van der Waals surface area contributed by atoms with Gasteiger partial charge in [0.05, 0.1) is 6.54 Å². The number of hydrogen-bond acceptors (Lipinski definition) is 3. The number of imidazole rings is 1. The van der Waals surface area contributed by atoms with Gasteiger partial charge in [-0.15, -0.1) is 0 Å². The Kier molecular flexibility index (Phi) is 3.62. The molecule has 4 nitrogen and oxygen atoms in total. The van der Waals surface area contributed by atoms with Crippen molar-refractivity contribution < 1.29 is 4.79 Å². The summed E-state index contributed by atoms with van der Waals surface area (Å²) in [5.41, 5.74) is -0.0973. The van der Waals surface area contributed by atoms with E-state index in [2.05, 4.69) is 16.9 Å². The number of hydrogen-bond donors (Lipinski definition) is 0. The molecular weight excluding hydrogens is 214 g/mol. The summed E-state index contributed by atoms with van der Waals surface area (Å²) in [6.45, 7) is 1.66. The van der Waals surface area contributed by atoms with Crippen LogP contribution in [0.25, 0.3) is 0 Å². The molecule has 0 aliphatic heterocycles. The summed E-state index contributed by atoms with van der Waals surface area (Å²) in [7, 11) is 4.07. The standard InChI is InChI=1S/C13H21N3O/c1-15(9-12-14-7-8-16(12)2)10-13(11-17)5-3-4-6-13/h7-8,11H,3-6,9-10H2,1-2H3. The van der Waals surface area contributed by atoms with Crippen molar-refractivity contribution in [3.05, 3.63) is 18.2 Å². The van der Waals surface area contributed by atoms with Crippen molar-refractivity contribution in [1.29, 1.82) is 0 Å². The van der Waals surface area contributed by atoms with E-state index in [4.69, 9.17) is 0 Å². The fraction of sp³-hybridized carbons (Fsp3) is 0.692. The maximum absolute atomic E-state index is 11.3. The zero-order valence-electron chi connectivity index (χ0n) is 10.7. The molecule has 94 valence electrons. The lowest BCUT2D eigenvalue weighted by atomic mass is 9.87. The number of rotatable bonds is 5. The smallest absolute Gasteiger partial charge is 0.127 e. The van der Waals surface area contributed by atoms with Gasteiger partial charge >= 0.3 is 0 Å². The van der Waals surface area contributed by atoms with Crippen LogP contribution >= 0.6 is 0 Å². The number of nitrogens with zero attached hydrogens (tertiary/aromatic N) is 3. The van der Waals surface area contributed by atoms with Crippen LogP contribution in [0.4, 0.5) is 0 Å². The van der Waals surface area contributed by atoms with Gasteiger partial charge in [-0.05, 0) is 19.9 Å². The predicted molar refractivity (Wildman–Crippen MR) is 66.5 cm³/mol. The van der Waals surface area contributed by atoms with Crippen molar-refractivity contribution in [2.24, 2.45) is 12.5 Å². The van der Waals surface area contributed by atoms with Gasteiger partial charge in [-0.25, -0.2) is 4.98 Å². The van der Waals surface area contributed by atoms with Gasteiger partial charge in [-0.2, -0.15) is 0 Å². The first-order chi connectivity index (χ1) is 8.15. The van der Waals surface area contributed by atoms with Crippen molar-refractivity contribution in [3.8, 4) is 0 Å². The Morgan fingerprint density at radius 3 is 2.76 bits per heavy atom. The molecule has 1 heterocycles. The second-order valence-electron chi connectivity index (χ2n) is 5.31. The molecule has 1 fully saturated rings. The minimum Gasteiger partial charge on any atom is -0.337 e. The Bertz CT molecular complexity index is 380. The van der Waals surface area contributed by atoms with Crippen LogP contribution in [0, 0.1) is 5.41 Å². The Morgan fingerprint density at radius 1 is 1.53 bits per heavy atom. The van der Waals surface area contributed by atoms with Gasteiger partial charge < -0.3 is 9.36 Å². The molecule has 0 aromatic carbocycles. The predicted octanol–water partition coefficient (Wildman–Crippen LogP) is 1.61.